The SMILES string of the molecule is CCC.CCC.CCC.CCC.N#Cc1ccc(Oc2ccccc2)cc1C#N.N#Cc1ccc(Oc2ccccc2)cc1C#N.N#Cc1ccc(Oc2ccccc2)cc1C#N.N#Cc1ccc([N+](=O)[O-])cc1C#N.Oc1ccccc1.Oc1ccccc1.Oc1ccccc1. The third kappa shape index (κ3) is 37.9. The molecule has 17 heteroatoms. The molecule has 0 atom stereocenters. The molecule has 10 aromatic rings. The molecule has 10 rings (SSSR count). The van der Waals surface area contributed by atoms with Gasteiger partial charge in [-0.2, -0.15) is 42.1 Å². The molecule has 0 radical (unpaired) electrons. The molecule has 0 fully saturated rings. The van der Waals surface area contributed by atoms with Crippen LogP contribution in [0.5, 0.6) is 51.7 Å². The molecule has 0 aliphatic heterocycles. The molecule has 0 aromatic heterocycles. The Balaban J connectivity index is 0.00000110. The minimum absolute atomic E-state index is 0.0247. The molecule has 0 aliphatic rings. The highest BCUT2D eigenvalue weighted by Gasteiger charge is 2.10. The van der Waals surface area contributed by atoms with Crippen LogP contribution in [0.25, 0.3) is 0 Å². The van der Waals surface area contributed by atoms with E-state index >= 15 is 0 Å². The summed E-state index contributed by atoms with van der Waals surface area (Å²) in [7, 11) is 0. The minimum atomic E-state index is -0.609. The number of nitro groups is 1. The van der Waals surface area contributed by atoms with Gasteiger partial charge in [-0.1, -0.05) is 190 Å². The highest BCUT2D eigenvalue weighted by atomic mass is 16.6. The molecule has 0 heterocycles. The Hall–Kier alpha value is -13.7. The van der Waals surface area contributed by atoms with Gasteiger partial charge in [-0.25, -0.2) is 0 Å². The highest BCUT2D eigenvalue weighted by molar-refractivity contribution is 5.53. The van der Waals surface area contributed by atoms with Gasteiger partial charge in [0.1, 0.15) is 100 Å². The van der Waals surface area contributed by atoms with Crippen LogP contribution in [0.3, 0.4) is 0 Å². The van der Waals surface area contributed by atoms with Crippen LogP contribution in [0.1, 0.15) is 126 Å². The number of nitro benzene ring substituents is 1. The Kier molecular flexibility index (Phi) is 46.5. The molecule has 0 bridgehead atoms. The van der Waals surface area contributed by atoms with Crippen molar-refractivity contribution in [2.24, 2.45) is 0 Å². The zero-order valence-electron chi connectivity index (χ0n) is 55.5. The number of phenols is 3. The molecular formula is C80H77N9O8. The first-order chi connectivity index (χ1) is 47.0. The maximum atomic E-state index is 10.3. The topological polar surface area (TPSA) is 322 Å². The van der Waals surface area contributed by atoms with Gasteiger partial charge in [-0.05, 0) is 133 Å². The fourth-order valence-electron chi connectivity index (χ4n) is 6.32. The van der Waals surface area contributed by atoms with Gasteiger partial charge in [0.15, 0.2) is 0 Å². The zero-order valence-corrected chi connectivity index (χ0v) is 55.5. The summed E-state index contributed by atoms with van der Waals surface area (Å²) >= 11 is 0. The molecule has 97 heavy (non-hydrogen) atoms. The van der Waals surface area contributed by atoms with E-state index in [1.54, 1.807) is 140 Å². The van der Waals surface area contributed by atoms with E-state index in [9.17, 15) is 10.1 Å². The Morgan fingerprint density at radius 3 is 0.639 bits per heavy atom. The van der Waals surface area contributed by atoms with Gasteiger partial charge in [0.2, 0.25) is 0 Å². The van der Waals surface area contributed by atoms with Gasteiger partial charge >= 0.3 is 0 Å². The lowest BCUT2D eigenvalue weighted by Crippen LogP contribution is -1.90. The number of para-hydroxylation sites is 6. The molecular weight excluding hydrogens is 1210 g/mol. The predicted octanol–water partition coefficient (Wildman–Crippen LogP) is 20.8. The van der Waals surface area contributed by atoms with Crippen LogP contribution >= 0.6 is 0 Å². The summed E-state index contributed by atoms with van der Waals surface area (Å²) in [6, 6.07) is 87.2. The highest BCUT2D eigenvalue weighted by Crippen LogP contribution is 2.26. The van der Waals surface area contributed by atoms with Crippen molar-refractivity contribution in [1.82, 2.24) is 0 Å². The lowest BCUT2D eigenvalue weighted by atomic mass is 10.1. The summed E-state index contributed by atoms with van der Waals surface area (Å²) in [5.41, 5.74) is 2.01. The molecule has 0 amide bonds. The molecule has 17 nitrogen and oxygen atoms in total. The van der Waals surface area contributed by atoms with E-state index in [0.29, 0.717) is 85.1 Å². The van der Waals surface area contributed by atoms with E-state index < -0.39 is 4.92 Å². The van der Waals surface area contributed by atoms with Gasteiger partial charge in [0.05, 0.1) is 49.4 Å². The lowest BCUT2D eigenvalue weighted by molar-refractivity contribution is -0.384. The van der Waals surface area contributed by atoms with E-state index in [-0.39, 0.29) is 16.8 Å². The van der Waals surface area contributed by atoms with Crippen LogP contribution in [-0.2, 0) is 0 Å². The van der Waals surface area contributed by atoms with Crippen LogP contribution in [0.2, 0.25) is 0 Å². The first-order valence-corrected chi connectivity index (χ1v) is 30.3. The molecule has 0 saturated carbocycles. The second kappa shape index (κ2) is 54.1. The summed E-state index contributed by atoms with van der Waals surface area (Å²) in [5, 5.41) is 106. The number of benzene rings is 10. The van der Waals surface area contributed by atoms with Crippen molar-refractivity contribution in [3.63, 3.8) is 0 Å². The fraction of sp³-hybridized carbons (Fsp3) is 0.150. The Morgan fingerprint density at radius 1 is 0.278 bits per heavy atom. The summed E-state index contributed by atoms with van der Waals surface area (Å²) in [5.74, 6) is 4.70. The quantitative estimate of drug-likeness (QED) is 0.0986. The van der Waals surface area contributed by atoms with Crippen molar-refractivity contribution in [2.45, 2.75) is 81.1 Å². The van der Waals surface area contributed by atoms with Crippen LogP contribution in [0, 0.1) is 101 Å². The number of nitrogens with zero attached hydrogens (tertiary/aromatic N) is 9. The summed E-state index contributed by atoms with van der Waals surface area (Å²) in [6.45, 7) is 17.0. The Labute approximate surface area is 570 Å². The number of aromatic hydroxyl groups is 3. The van der Waals surface area contributed by atoms with Gasteiger partial charge < -0.3 is 29.5 Å². The van der Waals surface area contributed by atoms with Crippen LogP contribution in [0.15, 0.2) is 255 Å². The lowest BCUT2D eigenvalue weighted by Gasteiger charge is -2.05. The maximum Gasteiger partial charge on any atom is 0.270 e. The second-order valence-corrected chi connectivity index (χ2v) is 19.1. The van der Waals surface area contributed by atoms with Gasteiger partial charge in [0, 0.05) is 12.1 Å². The number of nitriles is 8. The van der Waals surface area contributed by atoms with E-state index in [2.05, 4.69) is 55.4 Å². The summed E-state index contributed by atoms with van der Waals surface area (Å²) in [4.78, 5) is 9.67. The van der Waals surface area contributed by atoms with E-state index in [1.165, 1.54) is 37.8 Å². The molecule has 0 saturated heterocycles. The van der Waals surface area contributed by atoms with Gasteiger partial charge in [-0.3, -0.25) is 10.1 Å². The fourth-order valence-corrected chi connectivity index (χ4v) is 6.32. The number of ether oxygens (including phenoxy) is 3. The third-order valence-electron chi connectivity index (χ3n) is 10.4. The smallest absolute Gasteiger partial charge is 0.270 e. The van der Waals surface area contributed by atoms with Crippen molar-refractivity contribution in [2.75, 3.05) is 0 Å². The van der Waals surface area contributed by atoms with Crippen molar-refractivity contribution in [3.8, 4) is 100 Å². The Bertz CT molecular complexity index is 3800. The average molecular weight is 1290 g/mol. The molecule has 10 aromatic carbocycles. The van der Waals surface area contributed by atoms with E-state index in [4.69, 9.17) is 71.6 Å². The number of rotatable bonds is 7. The van der Waals surface area contributed by atoms with Crippen LogP contribution < -0.4 is 14.2 Å². The van der Waals surface area contributed by atoms with Crippen LogP contribution in [-0.4, -0.2) is 20.2 Å². The Morgan fingerprint density at radius 2 is 0.464 bits per heavy atom. The zero-order chi connectivity index (χ0) is 72.3. The number of non-ortho nitro benzene ring substituents is 1. The maximum absolute atomic E-state index is 10.3. The van der Waals surface area contributed by atoms with Crippen molar-refractivity contribution >= 4 is 5.69 Å². The van der Waals surface area contributed by atoms with Gasteiger partial charge in [0.25, 0.3) is 5.69 Å². The molecule has 0 spiro atoms. The predicted molar refractivity (Wildman–Crippen MR) is 378 cm³/mol. The van der Waals surface area contributed by atoms with Gasteiger partial charge in [-0.15, -0.1) is 0 Å². The monoisotopic (exact) mass is 1290 g/mol. The third-order valence-corrected chi connectivity index (χ3v) is 10.4. The van der Waals surface area contributed by atoms with E-state index in [1.807, 2.05) is 146 Å². The second-order valence-electron chi connectivity index (χ2n) is 19.1. The van der Waals surface area contributed by atoms with Crippen LogP contribution in [0.4, 0.5) is 5.69 Å². The van der Waals surface area contributed by atoms with Crippen molar-refractivity contribution in [1.29, 1.82) is 42.1 Å². The molecule has 3 N–H and O–H groups in total. The first kappa shape index (κ1) is 83.3. The first-order valence-electron chi connectivity index (χ1n) is 30.3. The minimum Gasteiger partial charge on any atom is -0.508 e. The van der Waals surface area contributed by atoms with Crippen molar-refractivity contribution in [3.05, 3.63) is 309 Å². The molecule has 0 aliphatic carbocycles. The largest absolute Gasteiger partial charge is 0.508 e. The normalized spacial score (nSPS) is 8.49. The molecule has 0 unspecified atom stereocenters. The van der Waals surface area contributed by atoms with Crippen molar-refractivity contribution < 1.29 is 34.5 Å². The summed E-state index contributed by atoms with van der Waals surface area (Å²) < 4.78 is 16.7. The summed E-state index contributed by atoms with van der Waals surface area (Å²) in [6.07, 6.45) is 5.00. The number of phenolic OH excluding ortho intramolecular Hbond substituents is 3. The van der Waals surface area contributed by atoms with E-state index in [0.717, 1.165) is 6.07 Å². The average Bonchev–Trinajstić information content (AvgIpc) is 1.16. The number of hydrogen-bond donors (Lipinski definition) is 3. The molecule has 490 valence electrons. The number of hydrogen-bond acceptors (Lipinski definition) is 16. The standard InChI is InChI=1S/3C14H8N2O.C8H3N3O2.3C6H6O.4C3H8/c3*15-9-11-6-7-14(8-12(11)10-16)17-13-4-2-1-3-5-13;9-4-6-1-2-8(11(12)13)3-7(6)5-10;3*7-6-4-2-1-3-5-6;4*1-3-2/h3*1-8H;1-3H;3*1-5,7H;4*3H2,1-2H3.